The topological polar surface area (TPSA) is 3.24 Å². The van der Waals surface area contributed by atoms with Gasteiger partial charge < -0.3 is 4.90 Å². The molecule has 0 atom stereocenters. The van der Waals surface area contributed by atoms with Crippen LogP contribution in [-0.2, 0) is 16.2 Å². The molecule has 1 nitrogen and oxygen atoms in total. The van der Waals surface area contributed by atoms with Crippen LogP contribution in [0.2, 0.25) is 0 Å². The Kier molecular flexibility index (Phi) is 6.61. The summed E-state index contributed by atoms with van der Waals surface area (Å²) in [5.74, 6) is 2.85. The first kappa shape index (κ1) is 31.6. The molecular formula is C52H49N. The fourth-order valence-corrected chi connectivity index (χ4v) is 12.7. The number of fused-ring (bicyclic) bond motifs is 6. The minimum Gasteiger partial charge on any atom is -0.310 e. The molecule has 1 heteroatoms. The van der Waals surface area contributed by atoms with Gasteiger partial charge in [0, 0.05) is 27.9 Å². The lowest BCUT2D eigenvalue weighted by Crippen LogP contribution is -2.48. The third-order valence-electron chi connectivity index (χ3n) is 14.6. The third-order valence-corrected chi connectivity index (χ3v) is 14.6. The molecule has 0 unspecified atom stereocenters. The van der Waals surface area contributed by atoms with Crippen molar-refractivity contribution in [1.82, 2.24) is 0 Å². The predicted octanol–water partition coefficient (Wildman–Crippen LogP) is 13.9. The number of benzene rings is 6. The standard InChI is InChI=1S/C52H49N/c1-50(2)46-19-11-15-41(43-17-10-16-42-40-14-8-9-18-45(40)51(3,4)49(42)43)48(46)44-25-24-39(29-47(44)50)53(37-12-6-5-7-13-37)38-22-20-36(21-23-38)52-30-33-26-34(31-52)28-35(27-33)32-52/h5-25,29,33-35H,26-28,30-32H2,1-4H3. The van der Waals surface area contributed by atoms with Gasteiger partial charge in [-0.3, -0.25) is 0 Å². The molecule has 262 valence electrons. The van der Waals surface area contributed by atoms with Crippen LogP contribution in [0.15, 0.2) is 133 Å². The Labute approximate surface area is 315 Å². The fraction of sp³-hybridized carbons (Fsp3) is 0.308. The summed E-state index contributed by atoms with van der Waals surface area (Å²) in [6.45, 7) is 9.66. The molecule has 53 heavy (non-hydrogen) atoms. The Bertz CT molecular complexity index is 2390. The molecule has 6 aliphatic carbocycles. The fourth-order valence-electron chi connectivity index (χ4n) is 12.7. The molecule has 6 aromatic carbocycles. The summed E-state index contributed by atoms with van der Waals surface area (Å²) in [6, 6.07) is 51.1. The number of para-hydroxylation sites is 1. The van der Waals surface area contributed by atoms with Gasteiger partial charge in [-0.25, -0.2) is 0 Å². The van der Waals surface area contributed by atoms with Crippen molar-refractivity contribution >= 4 is 17.1 Å². The summed E-state index contributed by atoms with van der Waals surface area (Å²) in [5, 5.41) is 0. The number of hydrogen-bond acceptors (Lipinski definition) is 1. The van der Waals surface area contributed by atoms with E-state index in [2.05, 4.69) is 166 Å². The molecule has 0 saturated heterocycles. The normalized spacial score (nSPS) is 24.7. The van der Waals surface area contributed by atoms with Crippen LogP contribution < -0.4 is 4.90 Å². The van der Waals surface area contributed by atoms with Crippen LogP contribution in [0.4, 0.5) is 17.1 Å². The van der Waals surface area contributed by atoms with E-state index in [9.17, 15) is 0 Å². The molecule has 4 fully saturated rings. The highest BCUT2D eigenvalue weighted by Gasteiger charge is 2.51. The number of anilines is 3. The Morgan fingerprint density at radius 1 is 0.434 bits per heavy atom. The van der Waals surface area contributed by atoms with Crippen LogP contribution in [0.3, 0.4) is 0 Å². The lowest BCUT2D eigenvalue weighted by atomic mass is 9.48. The van der Waals surface area contributed by atoms with Crippen molar-refractivity contribution in [2.45, 2.75) is 82.5 Å². The van der Waals surface area contributed by atoms with Crippen molar-refractivity contribution in [1.29, 1.82) is 0 Å². The van der Waals surface area contributed by atoms with Crippen molar-refractivity contribution in [3.8, 4) is 33.4 Å². The first-order chi connectivity index (χ1) is 25.7. The van der Waals surface area contributed by atoms with Gasteiger partial charge in [0.2, 0.25) is 0 Å². The minimum absolute atomic E-state index is 0.0759. The molecule has 0 aliphatic heterocycles. The maximum atomic E-state index is 2.50. The summed E-state index contributed by atoms with van der Waals surface area (Å²) < 4.78 is 0. The van der Waals surface area contributed by atoms with E-state index in [1.807, 2.05) is 0 Å². The van der Waals surface area contributed by atoms with Gasteiger partial charge in [0.05, 0.1) is 0 Å². The Balaban J connectivity index is 1.02. The summed E-state index contributed by atoms with van der Waals surface area (Å²) in [6.07, 6.45) is 8.66. The predicted molar refractivity (Wildman–Crippen MR) is 222 cm³/mol. The van der Waals surface area contributed by atoms with Gasteiger partial charge in [0.15, 0.2) is 0 Å². The van der Waals surface area contributed by atoms with Crippen LogP contribution in [-0.4, -0.2) is 0 Å². The second-order valence-corrected chi connectivity index (χ2v) is 18.4. The highest BCUT2D eigenvalue weighted by Crippen LogP contribution is 2.61. The summed E-state index contributed by atoms with van der Waals surface area (Å²) in [5.41, 5.74) is 19.3. The molecule has 6 aromatic rings. The van der Waals surface area contributed by atoms with E-state index in [4.69, 9.17) is 0 Å². The number of nitrogens with zero attached hydrogens (tertiary/aromatic N) is 1. The summed E-state index contributed by atoms with van der Waals surface area (Å²) in [4.78, 5) is 2.48. The number of rotatable bonds is 5. The quantitative estimate of drug-likeness (QED) is 0.174. The van der Waals surface area contributed by atoms with Crippen molar-refractivity contribution in [3.63, 3.8) is 0 Å². The van der Waals surface area contributed by atoms with Crippen LogP contribution in [0, 0.1) is 17.8 Å². The van der Waals surface area contributed by atoms with E-state index >= 15 is 0 Å². The zero-order chi connectivity index (χ0) is 35.7. The van der Waals surface area contributed by atoms with Crippen molar-refractivity contribution < 1.29 is 0 Å². The Morgan fingerprint density at radius 2 is 0.981 bits per heavy atom. The first-order valence-electron chi connectivity index (χ1n) is 20.2. The van der Waals surface area contributed by atoms with Crippen molar-refractivity contribution in [2.75, 3.05) is 4.90 Å². The average Bonchev–Trinajstić information content (AvgIpc) is 3.55. The summed E-state index contributed by atoms with van der Waals surface area (Å²) in [7, 11) is 0. The lowest BCUT2D eigenvalue weighted by Gasteiger charge is -2.57. The molecule has 6 aliphatic rings. The first-order valence-corrected chi connectivity index (χ1v) is 20.2. The molecule has 0 spiro atoms. The second kappa shape index (κ2) is 11.1. The smallest absolute Gasteiger partial charge is 0.0465 e. The molecule has 0 N–H and O–H groups in total. The average molecular weight is 688 g/mol. The van der Waals surface area contributed by atoms with E-state index in [-0.39, 0.29) is 10.8 Å². The van der Waals surface area contributed by atoms with Crippen molar-refractivity contribution in [2.24, 2.45) is 17.8 Å². The molecule has 0 radical (unpaired) electrons. The van der Waals surface area contributed by atoms with Gasteiger partial charge in [-0.2, -0.15) is 0 Å². The van der Waals surface area contributed by atoms with E-state index in [0.717, 1.165) is 17.8 Å². The van der Waals surface area contributed by atoms with Crippen LogP contribution in [0.25, 0.3) is 33.4 Å². The van der Waals surface area contributed by atoms with Crippen LogP contribution >= 0.6 is 0 Å². The SMILES string of the molecule is CC1(C)c2cc(N(c3ccccc3)c3ccc(C45CC6CC(CC(C6)C4)C5)cc3)ccc2-c2c(-c3cccc4c3C(C)(C)c3ccccc3-4)cccc21. The zero-order valence-electron chi connectivity index (χ0n) is 31.6. The minimum atomic E-state index is -0.141. The van der Waals surface area contributed by atoms with Gasteiger partial charge >= 0.3 is 0 Å². The van der Waals surface area contributed by atoms with Gasteiger partial charge in [-0.1, -0.05) is 125 Å². The monoisotopic (exact) mass is 687 g/mol. The van der Waals surface area contributed by atoms with Crippen LogP contribution in [0.5, 0.6) is 0 Å². The van der Waals surface area contributed by atoms with Crippen molar-refractivity contribution in [3.05, 3.63) is 161 Å². The Morgan fingerprint density at radius 3 is 1.70 bits per heavy atom. The van der Waals surface area contributed by atoms with Crippen LogP contribution in [0.1, 0.15) is 94.0 Å². The molecule has 4 bridgehead atoms. The van der Waals surface area contributed by atoms with E-state index < -0.39 is 0 Å². The van der Waals surface area contributed by atoms with Gasteiger partial charge in [0.1, 0.15) is 0 Å². The van der Waals surface area contributed by atoms with Gasteiger partial charge in [-0.15, -0.1) is 0 Å². The van der Waals surface area contributed by atoms with Gasteiger partial charge in [0.25, 0.3) is 0 Å². The highest BCUT2D eigenvalue weighted by molar-refractivity contribution is 5.97. The Hall–Kier alpha value is -4.88. The molecular weight excluding hydrogens is 639 g/mol. The molecule has 0 aromatic heterocycles. The molecule has 4 saturated carbocycles. The highest BCUT2D eigenvalue weighted by atomic mass is 15.1. The lowest BCUT2D eigenvalue weighted by molar-refractivity contribution is -0.00518. The van der Waals surface area contributed by atoms with E-state index in [1.54, 1.807) is 5.56 Å². The maximum Gasteiger partial charge on any atom is 0.0465 e. The maximum absolute atomic E-state index is 2.50. The zero-order valence-corrected chi connectivity index (χ0v) is 31.6. The number of hydrogen-bond donors (Lipinski definition) is 0. The van der Waals surface area contributed by atoms with E-state index in [1.165, 1.54) is 111 Å². The van der Waals surface area contributed by atoms with Gasteiger partial charge in [-0.05, 0) is 159 Å². The molecule has 12 rings (SSSR count). The summed E-state index contributed by atoms with van der Waals surface area (Å²) >= 11 is 0. The van der Waals surface area contributed by atoms with E-state index in [0.29, 0.717) is 5.41 Å². The molecule has 0 amide bonds. The largest absolute Gasteiger partial charge is 0.310 e. The molecule has 0 heterocycles. The third kappa shape index (κ3) is 4.49. The second-order valence-electron chi connectivity index (χ2n) is 18.4.